The second-order valence-electron chi connectivity index (χ2n) is 8.77. The molecule has 0 amide bonds. The molecule has 2 unspecified atom stereocenters. The molecule has 1 aromatic carbocycles. The van der Waals surface area contributed by atoms with Crippen LogP contribution in [0.1, 0.15) is 33.9 Å². The number of carbonyl (C=O) groups excluding carboxylic acids is 1. The minimum absolute atomic E-state index is 0.131. The standard InChI is InChI=1S/C23H27ClFN4O7P/c1-13(2)33-22(30)14(3)28-37(32,35-16-8-6-5-7-9-16)36-19-18(23(19,25)31)34-15(4)29-11-10-17-20(24)26-12-27-21(17)29/h5-15,18-19,31H,1-4H3,(H,28,32)/t14-,15-,18-,19?,23+,37?/m1/s1. The Morgan fingerprint density at radius 2 is 1.89 bits per heavy atom. The molecule has 1 saturated carbocycles. The third-order valence-electron chi connectivity index (χ3n) is 5.44. The van der Waals surface area contributed by atoms with Crippen LogP contribution in [-0.4, -0.2) is 55.8 Å². The van der Waals surface area contributed by atoms with E-state index < -0.39 is 50.2 Å². The van der Waals surface area contributed by atoms with Crippen LogP contribution in [0.15, 0.2) is 48.9 Å². The van der Waals surface area contributed by atoms with Crippen molar-refractivity contribution >= 4 is 36.4 Å². The number of nitrogens with zero attached hydrogens (tertiary/aromatic N) is 3. The average molecular weight is 557 g/mol. The summed E-state index contributed by atoms with van der Waals surface area (Å²) in [6.07, 6.45) is -1.56. The Labute approximate surface area is 217 Å². The van der Waals surface area contributed by atoms with Gasteiger partial charge in [-0.3, -0.25) is 9.32 Å². The molecule has 2 N–H and O–H groups in total. The van der Waals surface area contributed by atoms with Crippen LogP contribution in [0.4, 0.5) is 4.39 Å². The molecule has 6 atom stereocenters. The van der Waals surface area contributed by atoms with Gasteiger partial charge in [0.1, 0.15) is 35.1 Å². The van der Waals surface area contributed by atoms with Gasteiger partial charge >= 0.3 is 13.7 Å². The highest BCUT2D eigenvalue weighted by Crippen LogP contribution is 2.56. The maximum absolute atomic E-state index is 15.0. The number of aromatic nitrogens is 3. The Hall–Kier alpha value is -2.60. The van der Waals surface area contributed by atoms with Gasteiger partial charge in [0, 0.05) is 6.20 Å². The van der Waals surface area contributed by atoms with Gasteiger partial charge in [-0.1, -0.05) is 29.8 Å². The predicted molar refractivity (Wildman–Crippen MR) is 132 cm³/mol. The normalized spacial score (nSPS) is 24.4. The number of halogens is 2. The van der Waals surface area contributed by atoms with E-state index in [4.69, 9.17) is 30.1 Å². The van der Waals surface area contributed by atoms with E-state index in [2.05, 4.69) is 15.1 Å². The molecule has 11 nitrogen and oxygen atoms in total. The molecule has 2 heterocycles. The molecule has 0 saturated heterocycles. The van der Waals surface area contributed by atoms with Crippen molar-refractivity contribution in [1.29, 1.82) is 0 Å². The van der Waals surface area contributed by atoms with Gasteiger partial charge in [0.15, 0.2) is 12.2 Å². The van der Waals surface area contributed by atoms with Gasteiger partial charge in [-0.25, -0.2) is 18.9 Å². The fraction of sp³-hybridized carbons (Fsp3) is 0.435. The van der Waals surface area contributed by atoms with E-state index in [1.165, 1.54) is 25.4 Å². The fourth-order valence-corrected chi connectivity index (χ4v) is 5.45. The minimum Gasteiger partial charge on any atom is -0.462 e. The lowest BCUT2D eigenvalue weighted by atomic mass is 10.3. The monoisotopic (exact) mass is 556 g/mol. The summed E-state index contributed by atoms with van der Waals surface area (Å²) >= 11 is 6.08. The summed E-state index contributed by atoms with van der Waals surface area (Å²) in [5.41, 5.74) is 0.435. The zero-order valence-corrected chi connectivity index (χ0v) is 22.1. The molecular weight excluding hydrogens is 530 g/mol. The van der Waals surface area contributed by atoms with Crippen molar-refractivity contribution in [2.24, 2.45) is 0 Å². The van der Waals surface area contributed by atoms with Gasteiger partial charge in [0.05, 0.1) is 11.5 Å². The third-order valence-corrected chi connectivity index (χ3v) is 7.40. The molecule has 4 rings (SSSR count). The Balaban J connectivity index is 1.51. The molecule has 14 heteroatoms. The number of nitrogens with one attached hydrogen (secondary N) is 1. The van der Waals surface area contributed by atoms with Gasteiger partial charge < -0.3 is 23.7 Å². The quantitative estimate of drug-likeness (QED) is 0.201. The number of para-hydroxylation sites is 1. The molecular formula is C23H27ClFN4O7P. The first-order chi connectivity index (χ1) is 17.4. The zero-order chi connectivity index (χ0) is 27.0. The second-order valence-corrected chi connectivity index (χ2v) is 10.8. The fourth-order valence-electron chi connectivity index (χ4n) is 3.57. The number of esters is 1. The van der Waals surface area contributed by atoms with Crippen LogP contribution in [0.2, 0.25) is 5.15 Å². The molecule has 0 bridgehead atoms. The van der Waals surface area contributed by atoms with Crippen molar-refractivity contribution in [3.05, 3.63) is 54.1 Å². The van der Waals surface area contributed by atoms with E-state index >= 15 is 0 Å². The van der Waals surface area contributed by atoms with Crippen molar-refractivity contribution in [3.63, 3.8) is 0 Å². The van der Waals surface area contributed by atoms with Gasteiger partial charge in [-0.05, 0) is 45.9 Å². The molecule has 2 aromatic heterocycles. The van der Waals surface area contributed by atoms with Crippen LogP contribution in [0.3, 0.4) is 0 Å². The maximum atomic E-state index is 15.0. The zero-order valence-electron chi connectivity index (χ0n) is 20.4. The van der Waals surface area contributed by atoms with E-state index in [-0.39, 0.29) is 10.9 Å². The third kappa shape index (κ3) is 6.11. The first-order valence-electron chi connectivity index (χ1n) is 11.5. The van der Waals surface area contributed by atoms with E-state index in [1.807, 2.05) is 0 Å². The van der Waals surface area contributed by atoms with Crippen LogP contribution in [-0.2, 0) is 23.4 Å². The minimum atomic E-state index is -4.43. The van der Waals surface area contributed by atoms with E-state index in [1.54, 1.807) is 55.8 Å². The lowest BCUT2D eigenvalue weighted by Crippen LogP contribution is -2.36. The first-order valence-corrected chi connectivity index (χ1v) is 13.4. The van der Waals surface area contributed by atoms with E-state index in [9.17, 15) is 18.9 Å². The molecule has 3 aromatic rings. The summed E-state index contributed by atoms with van der Waals surface area (Å²) < 4.78 is 52.0. The lowest BCUT2D eigenvalue weighted by molar-refractivity contribution is -0.149. The summed E-state index contributed by atoms with van der Waals surface area (Å²) in [4.78, 5) is 20.4. The predicted octanol–water partition coefficient (Wildman–Crippen LogP) is 4.16. The first kappa shape index (κ1) is 27.4. The smallest absolute Gasteiger partial charge is 0.460 e. The van der Waals surface area contributed by atoms with Crippen molar-refractivity contribution in [2.45, 2.75) is 64.1 Å². The largest absolute Gasteiger partial charge is 0.462 e. The number of ether oxygens (including phenoxy) is 2. The Morgan fingerprint density at radius 1 is 1.19 bits per heavy atom. The highest BCUT2D eigenvalue weighted by molar-refractivity contribution is 7.52. The number of hydrogen-bond donors (Lipinski definition) is 2. The molecule has 1 aliphatic carbocycles. The average Bonchev–Trinajstić information content (AvgIpc) is 3.14. The topological polar surface area (TPSA) is 134 Å². The summed E-state index contributed by atoms with van der Waals surface area (Å²) in [5.74, 6) is -3.57. The van der Waals surface area contributed by atoms with Crippen molar-refractivity contribution in [2.75, 3.05) is 0 Å². The maximum Gasteiger partial charge on any atom is 0.460 e. The highest BCUT2D eigenvalue weighted by atomic mass is 35.5. The summed E-state index contributed by atoms with van der Waals surface area (Å²) in [5, 5.41) is 13.5. The number of hydrogen-bond acceptors (Lipinski definition) is 9. The molecule has 1 fully saturated rings. The van der Waals surface area contributed by atoms with Crippen molar-refractivity contribution in [3.8, 4) is 5.75 Å². The Bertz CT molecular complexity index is 1310. The highest BCUT2D eigenvalue weighted by Gasteiger charge is 2.72. The molecule has 37 heavy (non-hydrogen) atoms. The SMILES string of the molecule is CC(C)OC(=O)[C@@H](C)NP(=O)(Oc1ccccc1)OC1[C@@H](O[C@H](C)n2ccc3c(Cl)ncnc32)[C@@]1(O)F. The van der Waals surface area contributed by atoms with Crippen LogP contribution in [0.5, 0.6) is 5.75 Å². The van der Waals surface area contributed by atoms with Crippen LogP contribution >= 0.6 is 19.3 Å². The summed E-state index contributed by atoms with van der Waals surface area (Å²) in [6, 6.07) is 8.51. The van der Waals surface area contributed by atoms with Crippen LogP contribution < -0.4 is 9.61 Å². The van der Waals surface area contributed by atoms with Crippen LogP contribution in [0, 0.1) is 0 Å². The number of benzene rings is 1. The molecule has 1 aliphatic rings. The number of alkyl halides is 1. The van der Waals surface area contributed by atoms with Gasteiger partial charge in [-0.2, -0.15) is 5.09 Å². The summed E-state index contributed by atoms with van der Waals surface area (Å²) in [7, 11) is -4.43. The number of aliphatic hydroxyl groups is 1. The number of fused-ring (bicyclic) bond motifs is 1. The lowest BCUT2D eigenvalue weighted by Gasteiger charge is -2.23. The summed E-state index contributed by atoms with van der Waals surface area (Å²) in [6.45, 7) is 6.31. The Kier molecular flexibility index (Phi) is 7.89. The Morgan fingerprint density at radius 3 is 2.57 bits per heavy atom. The van der Waals surface area contributed by atoms with Crippen LogP contribution in [0.25, 0.3) is 11.0 Å². The van der Waals surface area contributed by atoms with Crippen molar-refractivity contribution in [1.82, 2.24) is 19.6 Å². The van der Waals surface area contributed by atoms with E-state index in [0.29, 0.717) is 11.0 Å². The van der Waals surface area contributed by atoms with Gasteiger partial charge in [-0.15, -0.1) is 0 Å². The molecule has 0 spiro atoms. The molecule has 0 aliphatic heterocycles. The molecule has 200 valence electrons. The number of carbonyl (C=O) groups is 1. The number of rotatable bonds is 11. The van der Waals surface area contributed by atoms with Gasteiger partial charge in [0.25, 0.3) is 5.85 Å². The second kappa shape index (κ2) is 10.6. The van der Waals surface area contributed by atoms with E-state index in [0.717, 1.165) is 0 Å². The van der Waals surface area contributed by atoms with Crippen molar-refractivity contribution < 1.29 is 37.4 Å². The molecule has 0 radical (unpaired) electrons. The van der Waals surface area contributed by atoms with Gasteiger partial charge in [0.2, 0.25) is 0 Å².